The largest absolute Gasteiger partial charge is 0.508 e. The van der Waals surface area contributed by atoms with Gasteiger partial charge in [-0.3, -0.25) is 0 Å². The smallest absolute Gasteiger partial charge is 0.478 e. The topological polar surface area (TPSA) is 65.0 Å². The van der Waals surface area contributed by atoms with Crippen molar-refractivity contribution in [2.75, 3.05) is 19.8 Å². The van der Waals surface area contributed by atoms with Crippen LogP contribution in [0, 0.1) is 0 Å². The lowest BCUT2D eigenvalue weighted by Gasteiger charge is -2.36. The highest BCUT2D eigenvalue weighted by molar-refractivity contribution is 6.62. The van der Waals surface area contributed by atoms with Crippen molar-refractivity contribution >= 4 is 20.8 Å². The second-order valence-corrected chi connectivity index (χ2v) is 9.90. The second-order valence-electron chi connectivity index (χ2n) is 7.13. The molecule has 168 valence electrons. The molecule has 31 heavy (non-hydrogen) atoms. The van der Waals surface area contributed by atoms with Gasteiger partial charge in [-0.15, -0.1) is 0 Å². The number of aliphatic carboxylic acids is 1. The molecule has 1 unspecified atom stereocenters. The molecule has 0 radical (unpaired) electrons. The molecule has 6 heteroatoms. The first-order valence-electron chi connectivity index (χ1n) is 11.0. The van der Waals surface area contributed by atoms with Gasteiger partial charge in [-0.05, 0) is 55.5 Å². The molecule has 0 saturated carbocycles. The molecule has 2 aromatic rings. The summed E-state index contributed by atoms with van der Waals surface area (Å²) in [5.74, 6) is -0.972. The zero-order valence-electron chi connectivity index (χ0n) is 19.0. The Hall–Kier alpha value is -2.25. The maximum Gasteiger partial charge on any atom is 0.508 e. The van der Waals surface area contributed by atoms with E-state index >= 15 is 0 Å². The molecule has 0 aliphatic heterocycles. The fourth-order valence-corrected chi connectivity index (χ4v) is 7.19. The van der Waals surface area contributed by atoms with Crippen LogP contribution in [0.5, 0.6) is 0 Å². The van der Waals surface area contributed by atoms with Crippen molar-refractivity contribution in [3.8, 4) is 11.1 Å². The van der Waals surface area contributed by atoms with Gasteiger partial charge in [0.1, 0.15) is 0 Å². The minimum atomic E-state index is -3.06. The molecule has 0 fully saturated rings. The van der Waals surface area contributed by atoms with Crippen molar-refractivity contribution in [2.24, 2.45) is 0 Å². The Morgan fingerprint density at radius 3 is 2.10 bits per heavy atom. The number of carbonyl (C=O) groups is 1. The number of rotatable bonds is 13. The van der Waals surface area contributed by atoms with Crippen molar-refractivity contribution < 1.29 is 23.2 Å². The van der Waals surface area contributed by atoms with Crippen LogP contribution in [0.25, 0.3) is 17.2 Å². The Bertz CT molecular complexity index is 833. The molecule has 1 atom stereocenters. The van der Waals surface area contributed by atoms with Gasteiger partial charge in [0.05, 0.1) is 5.54 Å². The predicted octanol–water partition coefficient (Wildman–Crippen LogP) is 5.92. The van der Waals surface area contributed by atoms with E-state index in [1.807, 2.05) is 45.0 Å². The lowest BCUT2D eigenvalue weighted by atomic mass is 9.93. The van der Waals surface area contributed by atoms with E-state index in [2.05, 4.69) is 31.2 Å². The lowest BCUT2D eigenvalue weighted by molar-refractivity contribution is -0.131. The molecular formula is C25H34O5Si. The first-order chi connectivity index (χ1) is 15.0. The third-order valence-corrected chi connectivity index (χ3v) is 8.52. The van der Waals surface area contributed by atoms with E-state index in [4.69, 9.17) is 18.4 Å². The monoisotopic (exact) mass is 442 g/mol. The molecule has 0 aliphatic carbocycles. The summed E-state index contributed by atoms with van der Waals surface area (Å²) in [6.45, 7) is 9.56. The zero-order valence-corrected chi connectivity index (χ0v) is 20.0. The van der Waals surface area contributed by atoms with Gasteiger partial charge in [-0.2, -0.15) is 0 Å². The van der Waals surface area contributed by atoms with Crippen molar-refractivity contribution in [1.29, 1.82) is 0 Å². The van der Waals surface area contributed by atoms with Crippen LogP contribution in [0.1, 0.15) is 57.2 Å². The molecule has 2 rings (SSSR count). The Kier molecular flexibility index (Phi) is 10.1. The summed E-state index contributed by atoms with van der Waals surface area (Å²) in [4.78, 5) is 11.1. The third-order valence-electron chi connectivity index (χ3n) is 4.99. The number of benzene rings is 2. The van der Waals surface area contributed by atoms with E-state index in [-0.39, 0.29) is 5.54 Å². The van der Waals surface area contributed by atoms with Gasteiger partial charge in [-0.1, -0.05) is 61.9 Å². The van der Waals surface area contributed by atoms with Crippen LogP contribution in [-0.4, -0.2) is 39.7 Å². The molecular weight excluding hydrogens is 408 g/mol. The quantitative estimate of drug-likeness (QED) is 0.308. The Labute approximate surface area is 187 Å². The van der Waals surface area contributed by atoms with Crippen molar-refractivity contribution in [3.05, 3.63) is 65.7 Å². The zero-order chi connectivity index (χ0) is 22.7. The average molecular weight is 443 g/mol. The van der Waals surface area contributed by atoms with Crippen LogP contribution in [0.15, 0.2) is 54.6 Å². The van der Waals surface area contributed by atoms with Crippen molar-refractivity contribution in [2.45, 2.75) is 46.1 Å². The summed E-state index contributed by atoms with van der Waals surface area (Å²) in [6, 6.07) is 16.3. The van der Waals surface area contributed by atoms with Gasteiger partial charge < -0.3 is 18.4 Å². The third kappa shape index (κ3) is 6.61. The minimum Gasteiger partial charge on any atom is -0.478 e. The molecule has 0 spiro atoms. The fraction of sp³-hybridized carbons (Fsp3) is 0.400. The van der Waals surface area contributed by atoms with Crippen molar-refractivity contribution in [1.82, 2.24) is 0 Å². The molecule has 0 heterocycles. The molecule has 0 bridgehead atoms. The molecule has 2 aromatic carbocycles. The highest BCUT2D eigenvalue weighted by atomic mass is 28.4. The summed E-state index contributed by atoms with van der Waals surface area (Å²) >= 11 is 0. The summed E-state index contributed by atoms with van der Waals surface area (Å²) in [6.07, 6.45) is 4.57. The van der Waals surface area contributed by atoms with Crippen molar-refractivity contribution in [3.63, 3.8) is 0 Å². The predicted molar refractivity (Wildman–Crippen MR) is 127 cm³/mol. The minimum absolute atomic E-state index is 0.0641. The summed E-state index contributed by atoms with van der Waals surface area (Å²) in [5, 5.41) is 9.07. The van der Waals surface area contributed by atoms with Gasteiger partial charge >= 0.3 is 14.8 Å². The highest BCUT2D eigenvalue weighted by Crippen LogP contribution is 2.40. The van der Waals surface area contributed by atoms with E-state index < -0.39 is 14.8 Å². The summed E-state index contributed by atoms with van der Waals surface area (Å²) < 4.78 is 18.9. The highest BCUT2D eigenvalue weighted by Gasteiger charge is 2.50. The Morgan fingerprint density at radius 1 is 0.968 bits per heavy atom. The van der Waals surface area contributed by atoms with Crippen LogP contribution < -0.4 is 0 Å². The molecule has 0 aliphatic rings. The van der Waals surface area contributed by atoms with Crippen LogP contribution in [0.2, 0.25) is 0 Å². The van der Waals surface area contributed by atoms with Crippen LogP contribution >= 0.6 is 0 Å². The normalized spacial score (nSPS) is 12.9. The molecule has 1 N–H and O–H groups in total. The Morgan fingerprint density at radius 2 is 1.58 bits per heavy atom. The van der Waals surface area contributed by atoms with E-state index in [1.54, 1.807) is 6.08 Å². The van der Waals surface area contributed by atoms with E-state index in [0.29, 0.717) is 19.8 Å². The van der Waals surface area contributed by atoms with E-state index in [1.165, 1.54) is 0 Å². The fourth-order valence-electron chi connectivity index (χ4n) is 3.86. The van der Waals surface area contributed by atoms with Gasteiger partial charge in [0.15, 0.2) is 0 Å². The van der Waals surface area contributed by atoms with Crippen LogP contribution in [-0.2, 0) is 18.1 Å². The number of carboxylic acids is 1. The first kappa shape index (κ1) is 25.0. The maximum absolute atomic E-state index is 11.1. The van der Waals surface area contributed by atoms with Gasteiger partial charge in [0.25, 0.3) is 0 Å². The molecule has 0 amide bonds. The average Bonchev–Trinajstić information content (AvgIpc) is 2.77. The maximum atomic E-state index is 11.1. The van der Waals surface area contributed by atoms with E-state index in [9.17, 15) is 4.79 Å². The SMILES string of the molecule is CCCC(c1cc(/C=C/C(=O)O)ccc1-c1ccccc1)[Si](OCC)(OCC)OCC. The first-order valence-corrected chi connectivity index (χ1v) is 12.8. The summed E-state index contributed by atoms with van der Waals surface area (Å²) in [7, 11) is -3.06. The molecule has 0 saturated heterocycles. The second kappa shape index (κ2) is 12.6. The number of carboxylic acid groups (broad SMARTS) is 1. The van der Waals surface area contributed by atoms with Gasteiger partial charge in [0.2, 0.25) is 0 Å². The lowest BCUT2D eigenvalue weighted by Crippen LogP contribution is -2.52. The number of hydrogen-bond donors (Lipinski definition) is 1. The molecule has 0 aromatic heterocycles. The van der Waals surface area contributed by atoms with Crippen LogP contribution in [0.3, 0.4) is 0 Å². The summed E-state index contributed by atoms with van der Waals surface area (Å²) in [5.41, 5.74) is 4.01. The van der Waals surface area contributed by atoms with Crippen LogP contribution in [0.4, 0.5) is 0 Å². The number of hydrogen-bond acceptors (Lipinski definition) is 4. The Balaban J connectivity index is 2.73. The standard InChI is InChI=1S/C25H34O5Si/c1-5-12-24(31(28-6-2,29-7-3)30-8-4)23-19-20(16-18-25(26)27)15-17-22(23)21-13-10-9-11-14-21/h9-11,13-19,24H,5-8,12H2,1-4H3,(H,26,27)/b18-16+. The molecule has 5 nitrogen and oxygen atoms in total. The van der Waals surface area contributed by atoms with E-state index in [0.717, 1.165) is 41.2 Å². The van der Waals surface area contributed by atoms with Gasteiger partial charge in [-0.25, -0.2) is 4.79 Å². The van der Waals surface area contributed by atoms with Gasteiger partial charge in [0, 0.05) is 25.9 Å².